The highest BCUT2D eigenvalue weighted by Gasteiger charge is 2.31. The third-order valence-electron chi connectivity index (χ3n) is 2.85. The third-order valence-corrected chi connectivity index (χ3v) is 3.25. The number of nitrogens with zero attached hydrogens (tertiary/aromatic N) is 2. The summed E-state index contributed by atoms with van der Waals surface area (Å²) in [6.45, 7) is 3.87. The molecule has 0 unspecified atom stereocenters. The maximum absolute atomic E-state index is 12.0. The highest BCUT2D eigenvalue weighted by atomic mass is 32.1. The summed E-state index contributed by atoms with van der Waals surface area (Å²) in [6.07, 6.45) is 5.59. The lowest BCUT2D eigenvalue weighted by Crippen LogP contribution is -2.56. The Morgan fingerprint density at radius 1 is 1.41 bits per heavy atom. The van der Waals surface area contributed by atoms with E-state index in [0.29, 0.717) is 23.4 Å². The fourth-order valence-electron chi connectivity index (χ4n) is 1.54. The molecule has 1 rings (SSSR count). The van der Waals surface area contributed by atoms with Crippen LogP contribution in [0.25, 0.3) is 0 Å². The maximum Gasteiger partial charge on any atom is 0.255 e. The van der Waals surface area contributed by atoms with Crippen molar-refractivity contribution in [1.82, 2.24) is 15.3 Å². The average molecular weight is 252 g/mol. The van der Waals surface area contributed by atoms with Gasteiger partial charge in [-0.15, -0.1) is 0 Å². The van der Waals surface area contributed by atoms with Gasteiger partial charge in [0.25, 0.3) is 5.91 Å². The van der Waals surface area contributed by atoms with E-state index in [2.05, 4.69) is 15.3 Å². The molecule has 0 saturated carbocycles. The van der Waals surface area contributed by atoms with Gasteiger partial charge in [0.05, 0.1) is 16.1 Å². The molecule has 0 spiro atoms. The molecular weight excluding hydrogens is 236 g/mol. The number of hydrogen-bond donors (Lipinski definition) is 2. The normalized spacial score (nSPS) is 10.9. The number of hydrogen-bond acceptors (Lipinski definition) is 4. The number of carbonyl (C=O) groups excluding carboxylic acids is 1. The molecule has 0 aliphatic carbocycles. The van der Waals surface area contributed by atoms with Crippen LogP contribution in [0.2, 0.25) is 0 Å². The van der Waals surface area contributed by atoms with Gasteiger partial charge in [-0.3, -0.25) is 4.79 Å². The summed E-state index contributed by atoms with van der Waals surface area (Å²) >= 11 is 5.03. The first kappa shape index (κ1) is 13.5. The van der Waals surface area contributed by atoms with Crippen LogP contribution in [0, 0.1) is 0 Å². The van der Waals surface area contributed by atoms with Crippen LogP contribution in [0.1, 0.15) is 37.0 Å². The van der Waals surface area contributed by atoms with Crippen molar-refractivity contribution in [2.24, 2.45) is 5.73 Å². The number of rotatable bonds is 5. The van der Waals surface area contributed by atoms with Crippen molar-refractivity contribution in [2.45, 2.75) is 32.2 Å². The molecule has 0 aromatic carbocycles. The van der Waals surface area contributed by atoms with E-state index >= 15 is 0 Å². The average Bonchev–Trinajstić information content (AvgIpc) is 2.36. The molecule has 6 heteroatoms. The van der Waals surface area contributed by atoms with Gasteiger partial charge in [-0.2, -0.15) is 0 Å². The molecule has 92 valence electrons. The van der Waals surface area contributed by atoms with Gasteiger partial charge in [0.2, 0.25) is 0 Å². The molecule has 0 fully saturated rings. The lowest BCUT2D eigenvalue weighted by atomic mass is 9.92. The van der Waals surface area contributed by atoms with Crippen molar-refractivity contribution in [3.8, 4) is 0 Å². The summed E-state index contributed by atoms with van der Waals surface area (Å²) < 4.78 is 0. The summed E-state index contributed by atoms with van der Waals surface area (Å²) in [5, 5.41) is 2.86. The summed E-state index contributed by atoms with van der Waals surface area (Å²) in [4.78, 5) is 19.9. The molecule has 1 aromatic heterocycles. The molecule has 5 nitrogen and oxygen atoms in total. The first-order chi connectivity index (χ1) is 8.05. The van der Waals surface area contributed by atoms with Crippen molar-refractivity contribution in [3.05, 3.63) is 24.3 Å². The quantitative estimate of drug-likeness (QED) is 0.766. The fourth-order valence-corrected chi connectivity index (χ4v) is 1.88. The molecule has 0 aliphatic rings. The predicted molar refractivity (Wildman–Crippen MR) is 69.6 cm³/mol. The van der Waals surface area contributed by atoms with E-state index in [1.165, 1.54) is 18.7 Å². The third kappa shape index (κ3) is 2.97. The Morgan fingerprint density at radius 3 is 2.35 bits per heavy atom. The number of amides is 1. The molecule has 17 heavy (non-hydrogen) atoms. The van der Waals surface area contributed by atoms with Gasteiger partial charge in [0.1, 0.15) is 6.33 Å². The summed E-state index contributed by atoms with van der Waals surface area (Å²) in [5.74, 6) is -0.262. The molecule has 0 bridgehead atoms. The van der Waals surface area contributed by atoms with Crippen molar-refractivity contribution in [1.29, 1.82) is 0 Å². The number of nitrogens with two attached hydrogens (primary N) is 1. The van der Waals surface area contributed by atoms with Crippen LogP contribution in [-0.2, 0) is 0 Å². The van der Waals surface area contributed by atoms with Gasteiger partial charge in [-0.1, -0.05) is 26.1 Å². The number of carbonyl (C=O) groups is 1. The second-order valence-electron chi connectivity index (χ2n) is 3.73. The van der Waals surface area contributed by atoms with Crippen LogP contribution in [-0.4, -0.2) is 26.4 Å². The Labute approximate surface area is 106 Å². The van der Waals surface area contributed by atoms with E-state index < -0.39 is 5.54 Å². The largest absolute Gasteiger partial charge is 0.391 e. The molecule has 1 amide bonds. The smallest absolute Gasteiger partial charge is 0.255 e. The Bertz CT molecular complexity index is 403. The Balaban J connectivity index is 2.89. The van der Waals surface area contributed by atoms with Crippen LogP contribution < -0.4 is 11.1 Å². The van der Waals surface area contributed by atoms with Crippen molar-refractivity contribution < 1.29 is 4.79 Å². The fraction of sp³-hybridized carbons (Fsp3) is 0.455. The van der Waals surface area contributed by atoms with Gasteiger partial charge in [0.15, 0.2) is 0 Å². The number of aromatic nitrogens is 2. The van der Waals surface area contributed by atoms with Crippen molar-refractivity contribution in [2.75, 3.05) is 0 Å². The monoisotopic (exact) mass is 252 g/mol. The number of nitrogens with one attached hydrogen (secondary N) is 1. The highest BCUT2D eigenvalue weighted by molar-refractivity contribution is 7.80. The minimum Gasteiger partial charge on any atom is -0.391 e. The SMILES string of the molecule is CCC(CC)(NC(=O)c1cncnc1)C(N)=S. The topological polar surface area (TPSA) is 80.9 Å². The first-order valence-corrected chi connectivity index (χ1v) is 5.84. The van der Waals surface area contributed by atoms with Crippen LogP contribution in [0.4, 0.5) is 0 Å². The molecule has 0 radical (unpaired) electrons. The molecule has 1 heterocycles. The maximum atomic E-state index is 12.0. The minimum absolute atomic E-state index is 0.262. The van der Waals surface area contributed by atoms with E-state index in [0.717, 1.165) is 0 Å². The standard InChI is InChI=1S/C11H16N4OS/c1-3-11(4-2,10(12)17)15-9(16)8-5-13-7-14-6-8/h5-7H,3-4H2,1-2H3,(H2,12,17)(H,15,16). The van der Waals surface area contributed by atoms with Crippen molar-refractivity contribution >= 4 is 23.1 Å². The lowest BCUT2D eigenvalue weighted by molar-refractivity contribution is 0.0919. The van der Waals surface area contributed by atoms with Crippen LogP contribution in [0.5, 0.6) is 0 Å². The minimum atomic E-state index is -0.637. The predicted octanol–water partition coefficient (Wildman–Crippen LogP) is 1.05. The summed E-state index contributed by atoms with van der Waals surface area (Å²) in [7, 11) is 0. The zero-order chi connectivity index (χ0) is 12.9. The molecule has 3 N–H and O–H groups in total. The van der Waals surface area contributed by atoms with E-state index in [-0.39, 0.29) is 5.91 Å². The highest BCUT2D eigenvalue weighted by Crippen LogP contribution is 2.16. The van der Waals surface area contributed by atoms with Crippen LogP contribution >= 0.6 is 12.2 Å². The number of thiocarbonyl (C=S) groups is 1. The molecule has 0 atom stereocenters. The van der Waals surface area contributed by atoms with E-state index in [1.807, 2.05) is 13.8 Å². The van der Waals surface area contributed by atoms with Crippen LogP contribution in [0.15, 0.2) is 18.7 Å². The van der Waals surface area contributed by atoms with Gasteiger partial charge in [0, 0.05) is 12.4 Å². The Hall–Kier alpha value is -1.56. The van der Waals surface area contributed by atoms with Gasteiger partial charge in [-0.05, 0) is 12.8 Å². The Morgan fingerprint density at radius 2 is 1.94 bits per heavy atom. The van der Waals surface area contributed by atoms with Gasteiger partial charge < -0.3 is 11.1 Å². The zero-order valence-electron chi connectivity index (χ0n) is 9.93. The summed E-state index contributed by atoms with van der Waals surface area (Å²) in [6, 6.07) is 0. The second kappa shape index (κ2) is 5.67. The first-order valence-electron chi connectivity index (χ1n) is 5.43. The summed E-state index contributed by atoms with van der Waals surface area (Å²) in [5.41, 5.74) is 5.47. The van der Waals surface area contributed by atoms with E-state index in [4.69, 9.17) is 18.0 Å². The van der Waals surface area contributed by atoms with E-state index in [1.54, 1.807) is 0 Å². The second-order valence-corrected chi connectivity index (χ2v) is 4.17. The molecular formula is C11H16N4OS. The van der Waals surface area contributed by atoms with Gasteiger partial charge >= 0.3 is 0 Å². The zero-order valence-corrected chi connectivity index (χ0v) is 10.8. The van der Waals surface area contributed by atoms with Gasteiger partial charge in [-0.25, -0.2) is 9.97 Å². The Kier molecular flexibility index (Phi) is 4.51. The molecule has 1 aromatic rings. The molecule has 0 saturated heterocycles. The lowest BCUT2D eigenvalue weighted by Gasteiger charge is -2.31. The molecule has 0 aliphatic heterocycles. The van der Waals surface area contributed by atoms with Crippen LogP contribution in [0.3, 0.4) is 0 Å². The van der Waals surface area contributed by atoms with E-state index in [9.17, 15) is 4.79 Å². The van der Waals surface area contributed by atoms with Crippen molar-refractivity contribution in [3.63, 3.8) is 0 Å².